The first-order valence-corrected chi connectivity index (χ1v) is 4.87. The first kappa shape index (κ1) is 11.9. The average molecular weight is 218 g/mol. The molecule has 0 heterocycles. The molecule has 16 heavy (non-hydrogen) atoms. The molecule has 4 nitrogen and oxygen atoms in total. The predicted molar refractivity (Wildman–Crippen MR) is 62.8 cm³/mol. The van der Waals surface area contributed by atoms with Gasteiger partial charge in [0.15, 0.2) is 6.61 Å². The molecule has 0 aliphatic carbocycles. The van der Waals surface area contributed by atoms with E-state index in [4.69, 9.17) is 10.5 Å². The molecule has 1 amide bonds. The number of anilines is 1. The zero-order valence-electron chi connectivity index (χ0n) is 9.12. The Bertz CT molecular complexity index is 419. The van der Waals surface area contributed by atoms with E-state index >= 15 is 0 Å². The maximum Gasteiger partial charge on any atom is 0.258 e. The van der Waals surface area contributed by atoms with Crippen LogP contribution in [0.15, 0.2) is 24.3 Å². The molecule has 0 unspecified atom stereocenters. The fourth-order valence-electron chi connectivity index (χ4n) is 1.04. The summed E-state index contributed by atoms with van der Waals surface area (Å²) in [6.45, 7) is 2.03. The van der Waals surface area contributed by atoms with Crippen molar-refractivity contribution in [2.24, 2.45) is 0 Å². The summed E-state index contributed by atoms with van der Waals surface area (Å²) in [6.07, 6.45) is 0. The highest BCUT2D eigenvalue weighted by Crippen LogP contribution is 2.13. The SMILES string of the molecule is CC#CCNC(=O)COc1cccc(N)c1. The standard InChI is InChI=1S/C12H14N2O2/c1-2-3-7-14-12(15)9-16-11-6-4-5-10(13)8-11/h4-6,8H,7,9,13H2,1H3,(H,14,15). The van der Waals surface area contributed by atoms with E-state index in [0.717, 1.165) is 0 Å². The predicted octanol–water partition coefficient (Wildman–Crippen LogP) is 0.787. The Kier molecular flexibility index (Phi) is 4.74. The van der Waals surface area contributed by atoms with Crippen LogP contribution in [0.1, 0.15) is 6.92 Å². The Labute approximate surface area is 94.8 Å². The van der Waals surface area contributed by atoms with Crippen molar-refractivity contribution in [2.45, 2.75) is 6.92 Å². The maximum atomic E-state index is 11.2. The Morgan fingerprint density at radius 2 is 2.38 bits per heavy atom. The van der Waals surface area contributed by atoms with Crippen molar-refractivity contribution < 1.29 is 9.53 Å². The van der Waals surface area contributed by atoms with Crippen LogP contribution in [0.25, 0.3) is 0 Å². The molecular formula is C12H14N2O2. The van der Waals surface area contributed by atoms with Crippen molar-refractivity contribution in [3.05, 3.63) is 24.3 Å². The topological polar surface area (TPSA) is 64.3 Å². The van der Waals surface area contributed by atoms with Crippen LogP contribution < -0.4 is 15.8 Å². The normalized spacial score (nSPS) is 8.81. The molecule has 0 saturated heterocycles. The molecule has 0 aliphatic rings. The minimum Gasteiger partial charge on any atom is -0.484 e. The summed E-state index contributed by atoms with van der Waals surface area (Å²) < 4.78 is 5.24. The maximum absolute atomic E-state index is 11.2. The van der Waals surface area contributed by atoms with E-state index in [9.17, 15) is 4.79 Å². The fourth-order valence-corrected chi connectivity index (χ4v) is 1.04. The highest BCUT2D eigenvalue weighted by atomic mass is 16.5. The third kappa shape index (κ3) is 4.38. The summed E-state index contributed by atoms with van der Waals surface area (Å²) in [5, 5.41) is 2.60. The molecule has 4 heteroatoms. The molecule has 1 aromatic carbocycles. The van der Waals surface area contributed by atoms with Gasteiger partial charge in [-0.05, 0) is 19.1 Å². The zero-order chi connectivity index (χ0) is 11.8. The monoisotopic (exact) mass is 218 g/mol. The summed E-state index contributed by atoms with van der Waals surface area (Å²) in [7, 11) is 0. The van der Waals surface area contributed by atoms with Crippen LogP contribution in [-0.4, -0.2) is 19.1 Å². The number of rotatable bonds is 4. The number of hydrogen-bond donors (Lipinski definition) is 2. The van der Waals surface area contributed by atoms with Crippen molar-refractivity contribution in [1.29, 1.82) is 0 Å². The summed E-state index contributed by atoms with van der Waals surface area (Å²) in [5.74, 6) is 5.79. The fraction of sp³-hybridized carbons (Fsp3) is 0.250. The molecule has 0 atom stereocenters. The second-order valence-corrected chi connectivity index (χ2v) is 3.06. The largest absolute Gasteiger partial charge is 0.484 e. The Morgan fingerprint density at radius 3 is 3.06 bits per heavy atom. The third-order valence-electron chi connectivity index (χ3n) is 1.78. The van der Waals surface area contributed by atoms with Crippen LogP contribution in [0.2, 0.25) is 0 Å². The number of amides is 1. The van der Waals surface area contributed by atoms with Crippen molar-refractivity contribution >= 4 is 11.6 Å². The quantitative estimate of drug-likeness (QED) is 0.580. The molecule has 1 rings (SSSR count). The molecule has 0 aliphatic heterocycles. The molecule has 0 fully saturated rings. The van der Waals surface area contributed by atoms with Gasteiger partial charge in [-0.1, -0.05) is 12.0 Å². The van der Waals surface area contributed by atoms with Gasteiger partial charge in [-0.3, -0.25) is 4.79 Å². The Hall–Kier alpha value is -2.15. The van der Waals surface area contributed by atoms with Crippen molar-refractivity contribution in [1.82, 2.24) is 5.32 Å². The summed E-state index contributed by atoms with van der Waals surface area (Å²) in [6, 6.07) is 6.93. The molecule has 84 valence electrons. The number of nitrogen functional groups attached to an aromatic ring is 1. The second-order valence-electron chi connectivity index (χ2n) is 3.06. The van der Waals surface area contributed by atoms with E-state index in [2.05, 4.69) is 17.2 Å². The Morgan fingerprint density at radius 1 is 1.56 bits per heavy atom. The van der Waals surface area contributed by atoms with E-state index in [1.807, 2.05) is 0 Å². The number of carbonyl (C=O) groups is 1. The van der Waals surface area contributed by atoms with Gasteiger partial charge in [-0.25, -0.2) is 0 Å². The lowest BCUT2D eigenvalue weighted by molar-refractivity contribution is -0.122. The van der Waals surface area contributed by atoms with Gasteiger partial charge in [-0.2, -0.15) is 0 Å². The highest BCUT2D eigenvalue weighted by molar-refractivity contribution is 5.77. The van der Waals surface area contributed by atoms with Crippen LogP contribution in [0, 0.1) is 11.8 Å². The van der Waals surface area contributed by atoms with Gasteiger partial charge >= 0.3 is 0 Å². The molecule has 1 aromatic rings. The van der Waals surface area contributed by atoms with Gasteiger partial charge in [0.1, 0.15) is 5.75 Å². The van der Waals surface area contributed by atoms with Crippen molar-refractivity contribution in [3.63, 3.8) is 0 Å². The van der Waals surface area contributed by atoms with Crippen molar-refractivity contribution in [3.8, 4) is 17.6 Å². The van der Waals surface area contributed by atoms with E-state index < -0.39 is 0 Å². The molecule has 3 N–H and O–H groups in total. The smallest absolute Gasteiger partial charge is 0.258 e. The van der Waals surface area contributed by atoms with Crippen molar-refractivity contribution in [2.75, 3.05) is 18.9 Å². The van der Waals surface area contributed by atoms with Crippen LogP contribution >= 0.6 is 0 Å². The van der Waals surface area contributed by atoms with E-state index in [1.54, 1.807) is 31.2 Å². The molecule has 0 bridgehead atoms. The van der Waals surface area contributed by atoms with Gasteiger partial charge in [0.2, 0.25) is 0 Å². The van der Waals surface area contributed by atoms with E-state index in [-0.39, 0.29) is 12.5 Å². The average Bonchev–Trinajstić information content (AvgIpc) is 2.27. The molecule has 0 aromatic heterocycles. The number of nitrogens with two attached hydrogens (primary N) is 1. The summed E-state index contributed by atoms with van der Waals surface area (Å²) >= 11 is 0. The number of nitrogens with one attached hydrogen (secondary N) is 1. The molecular weight excluding hydrogens is 204 g/mol. The number of hydrogen-bond acceptors (Lipinski definition) is 3. The lowest BCUT2D eigenvalue weighted by Crippen LogP contribution is -2.29. The minimum absolute atomic E-state index is 0.0329. The third-order valence-corrected chi connectivity index (χ3v) is 1.78. The van der Waals surface area contributed by atoms with E-state index in [0.29, 0.717) is 18.0 Å². The number of ether oxygens (including phenoxy) is 1. The first-order valence-electron chi connectivity index (χ1n) is 4.87. The van der Waals surface area contributed by atoms with Gasteiger partial charge in [0.25, 0.3) is 5.91 Å². The summed E-state index contributed by atoms with van der Waals surface area (Å²) in [5.41, 5.74) is 6.17. The van der Waals surface area contributed by atoms with Crippen LogP contribution in [-0.2, 0) is 4.79 Å². The van der Waals surface area contributed by atoms with Gasteiger partial charge < -0.3 is 15.8 Å². The number of carbonyl (C=O) groups excluding carboxylic acids is 1. The number of benzene rings is 1. The highest BCUT2D eigenvalue weighted by Gasteiger charge is 2.00. The zero-order valence-corrected chi connectivity index (χ0v) is 9.12. The minimum atomic E-state index is -0.204. The molecule has 0 spiro atoms. The first-order chi connectivity index (χ1) is 7.72. The van der Waals surface area contributed by atoms with Gasteiger partial charge in [0.05, 0.1) is 6.54 Å². The van der Waals surface area contributed by atoms with Gasteiger partial charge in [-0.15, -0.1) is 5.92 Å². The Balaban J connectivity index is 2.33. The molecule has 0 radical (unpaired) electrons. The van der Waals surface area contributed by atoms with Crippen LogP contribution in [0.3, 0.4) is 0 Å². The lowest BCUT2D eigenvalue weighted by Gasteiger charge is -2.06. The van der Waals surface area contributed by atoms with Crippen LogP contribution in [0.5, 0.6) is 5.75 Å². The van der Waals surface area contributed by atoms with Gasteiger partial charge in [0, 0.05) is 11.8 Å². The second kappa shape index (κ2) is 6.36. The molecule has 0 saturated carbocycles. The lowest BCUT2D eigenvalue weighted by atomic mass is 10.3. The summed E-state index contributed by atoms with van der Waals surface area (Å²) in [4.78, 5) is 11.2. The van der Waals surface area contributed by atoms with Crippen LogP contribution in [0.4, 0.5) is 5.69 Å². The van der Waals surface area contributed by atoms with E-state index in [1.165, 1.54) is 0 Å².